The van der Waals surface area contributed by atoms with E-state index in [4.69, 9.17) is 0 Å². The van der Waals surface area contributed by atoms with E-state index in [9.17, 15) is 9.59 Å². The standard InChI is InChI=1S/C19H18BrN3O2/c1-12(14-7-3-5-9-16(14)20)21-18(24)11-23-13(2)22-17-10-6-4-8-15(17)19(23)25/h3-10,12H,11H2,1-2H3,(H,21,24)/t12-/m1/s1. The van der Waals surface area contributed by atoms with Crippen molar-refractivity contribution in [3.05, 3.63) is 74.7 Å². The minimum absolute atomic E-state index is 0.0582. The third-order valence-corrected chi connectivity index (χ3v) is 4.83. The van der Waals surface area contributed by atoms with Gasteiger partial charge in [-0.05, 0) is 37.6 Å². The molecular weight excluding hydrogens is 382 g/mol. The maximum atomic E-state index is 12.6. The lowest BCUT2D eigenvalue weighted by Crippen LogP contribution is -2.35. The van der Waals surface area contributed by atoms with Gasteiger partial charge in [-0.15, -0.1) is 0 Å². The normalized spacial score (nSPS) is 12.1. The first-order valence-electron chi connectivity index (χ1n) is 7.97. The van der Waals surface area contributed by atoms with Crippen molar-refractivity contribution in [1.29, 1.82) is 0 Å². The van der Waals surface area contributed by atoms with Crippen LogP contribution >= 0.6 is 15.9 Å². The first-order valence-corrected chi connectivity index (χ1v) is 8.76. The second kappa shape index (κ2) is 7.19. The molecule has 0 saturated carbocycles. The van der Waals surface area contributed by atoms with E-state index >= 15 is 0 Å². The summed E-state index contributed by atoms with van der Waals surface area (Å²) in [6, 6.07) is 14.7. The molecule has 0 radical (unpaired) electrons. The molecule has 1 amide bonds. The Bertz CT molecular complexity index is 997. The van der Waals surface area contributed by atoms with E-state index in [-0.39, 0.29) is 24.1 Å². The van der Waals surface area contributed by atoms with E-state index in [2.05, 4.69) is 26.2 Å². The van der Waals surface area contributed by atoms with Crippen LogP contribution in [0.25, 0.3) is 10.9 Å². The Morgan fingerprint density at radius 2 is 1.88 bits per heavy atom. The molecular formula is C19H18BrN3O2. The molecule has 0 aliphatic rings. The zero-order valence-corrected chi connectivity index (χ0v) is 15.6. The van der Waals surface area contributed by atoms with Crippen LogP contribution in [0.1, 0.15) is 24.4 Å². The number of benzene rings is 2. The lowest BCUT2D eigenvalue weighted by Gasteiger charge is -2.17. The molecule has 0 unspecified atom stereocenters. The number of carbonyl (C=O) groups is 1. The van der Waals surface area contributed by atoms with Gasteiger partial charge in [-0.3, -0.25) is 14.2 Å². The molecule has 2 aromatic carbocycles. The molecule has 1 heterocycles. The summed E-state index contributed by atoms with van der Waals surface area (Å²) >= 11 is 3.49. The number of rotatable bonds is 4. The van der Waals surface area contributed by atoms with Crippen LogP contribution in [0.3, 0.4) is 0 Å². The fourth-order valence-electron chi connectivity index (χ4n) is 2.80. The van der Waals surface area contributed by atoms with Crippen LogP contribution in [-0.4, -0.2) is 15.5 Å². The summed E-state index contributed by atoms with van der Waals surface area (Å²) in [6.45, 7) is 3.59. The monoisotopic (exact) mass is 399 g/mol. The first-order chi connectivity index (χ1) is 12.0. The highest BCUT2D eigenvalue weighted by atomic mass is 79.9. The molecule has 0 saturated heterocycles. The molecule has 0 aliphatic carbocycles. The van der Waals surface area contributed by atoms with Crippen LogP contribution in [0.5, 0.6) is 0 Å². The Morgan fingerprint density at radius 1 is 1.20 bits per heavy atom. The number of hydrogen-bond acceptors (Lipinski definition) is 3. The molecule has 0 bridgehead atoms. The van der Waals surface area contributed by atoms with Crippen LogP contribution in [0.15, 0.2) is 57.8 Å². The molecule has 128 valence electrons. The molecule has 0 spiro atoms. The van der Waals surface area contributed by atoms with Crippen molar-refractivity contribution in [1.82, 2.24) is 14.9 Å². The lowest BCUT2D eigenvalue weighted by molar-refractivity contribution is -0.122. The average molecular weight is 400 g/mol. The van der Waals surface area contributed by atoms with Gasteiger partial charge in [0.15, 0.2) is 0 Å². The van der Waals surface area contributed by atoms with Crippen molar-refractivity contribution in [3.63, 3.8) is 0 Å². The summed E-state index contributed by atoms with van der Waals surface area (Å²) in [5.74, 6) is 0.290. The maximum Gasteiger partial charge on any atom is 0.261 e. The summed E-state index contributed by atoms with van der Waals surface area (Å²) < 4.78 is 2.34. The fourth-order valence-corrected chi connectivity index (χ4v) is 3.43. The Hall–Kier alpha value is -2.47. The largest absolute Gasteiger partial charge is 0.348 e. The summed E-state index contributed by atoms with van der Waals surface area (Å²) in [6.07, 6.45) is 0. The van der Waals surface area contributed by atoms with Crippen molar-refractivity contribution < 1.29 is 4.79 Å². The van der Waals surface area contributed by atoms with E-state index in [1.807, 2.05) is 37.3 Å². The number of carbonyl (C=O) groups excluding carboxylic acids is 1. The quantitative estimate of drug-likeness (QED) is 0.731. The first kappa shape index (κ1) is 17.4. The minimum atomic E-state index is -0.231. The van der Waals surface area contributed by atoms with Crippen LogP contribution in [0, 0.1) is 6.92 Å². The Labute approximate surface area is 153 Å². The average Bonchev–Trinajstić information content (AvgIpc) is 2.59. The molecule has 1 aromatic heterocycles. The van der Waals surface area contributed by atoms with Crippen molar-refractivity contribution in [2.45, 2.75) is 26.4 Å². The van der Waals surface area contributed by atoms with Crippen molar-refractivity contribution in [2.24, 2.45) is 0 Å². The number of amides is 1. The predicted octanol–water partition coefficient (Wildman–Crippen LogP) is 3.34. The Balaban J connectivity index is 1.83. The number of para-hydroxylation sites is 1. The van der Waals surface area contributed by atoms with Gasteiger partial charge < -0.3 is 5.32 Å². The summed E-state index contributed by atoms with van der Waals surface area (Å²) in [4.78, 5) is 29.5. The third-order valence-electron chi connectivity index (χ3n) is 4.10. The molecule has 5 nitrogen and oxygen atoms in total. The highest BCUT2D eigenvalue weighted by Gasteiger charge is 2.15. The third kappa shape index (κ3) is 3.64. The number of nitrogens with one attached hydrogen (secondary N) is 1. The van der Waals surface area contributed by atoms with Crippen molar-refractivity contribution >= 4 is 32.7 Å². The topological polar surface area (TPSA) is 64.0 Å². The molecule has 25 heavy (non-hydrogen) atoms. The number of aromatic nitrogens is 2. The van der Waals surface area contributed by atoms with Gasteiger partial charge in [0.2, 0.25) is 5.91 Å². The summed E-state index contributed by atoms with van der Waals surface area (Å²) in [5, 5.41) is 3.45. The van der Waals surface area contributed by atoms with Gasteiger partial charge in [0, 0.05) is 4.47 Å². The SMILES string of the molecule is Cc1nc2ccccc2c(=O)n1CC(=O)N[C@H](C)c1ccccc1Br. The van der Waals surface area contributed by atoms with Crippen molar-refractivity contribution in [3.8, 4) is 0 Å². The second-order valence-corrected chi connectivity index (χ2v) is 6.73. The van der Waals surface area contributed by atoms with E-state index in [1.165, 1.54) is 4.57 Å². The molecule has 6 heteroatoms. The van der Waals surface area contributed by atoms with Gasteiger partial charge in [-0.25, -0.2) is 4.98 Å². The predicted molar refractivity (Wildman–Crippen MR) is 101 cm³/mol. The fraction of sp³-hybridized carbons (Fsp3) is 0.211. The van der Waals surface area contributed by atoms with E-state index in [0.717, 1.165) is 10.0 Å². The van der Waals surface area contributed by atoms with E-state index < -0.39 is 0 Å². The zero-order valence-electron chi connectivity index (χ0n) is 14.0. The number of halogens is 1. The molecule has 1 atom stereocenters. The van der Waals surface area contributed by atoms with E-state index in [1.54, 1.807) is 25.1 Å². The van der Waals surface area contributed by atoms with Gasteiger partial charge in [-0.2, -0.15) is 0 Å². The Kier molecular flexibility index (Phi) is 4.99. The van der Waals surface area contributed by atoms with Gasteiger partial charge in [0.1, 0.15) is 12.4 Å². The van der Waals surface area contributed by atoms with Gasteiger partial charge in [0.25, 0.3) is 5.56 Å². The van der Waals surface area contributed by atoms with E-state index in [0.29, 0.717) is 16.7 Å². The molecule has 1 N–H and O–H groups in total. The molecule has 0 fully saturated rings. The molecule has 3 rings (SSSR count). The van der Waals surface area contributed by atoms with Gasteiger partial charge in [-0.1, -0.05) is 46.3 Å². The number of fused-ring (bicyclic) bond motifs is 1. The maximum absolute atomic E-state index is 12.6. The number of hydrogen-bond donors (Lipinski definition) is 1. The zero-order chi connectivity index (χ0) is 18.0. The minimum Gasteiger partial charge on any atom is -0.348 e. The number of aryl methyl sites for hydroxylation is 1. The molecule has 0 aliphatic heterocycles. The highest BCUT2D eigenvalue weighted by molar-refractivity contribution is 9.10. The lowest BCUT2D eigenvalue weighted by atomic mass is 10.1. The van der Waals surface area contributed by atoms with Crippen LogP contribution in [0.2, 0.25) is 0 Å². The van der Waals surface area contributed by atoms with Gasteiger partial charge in [0.05, 0.1) is 16.9 Å². The smallest absolute Gasteiger partial charge is 0.261 e. The van der Waals surface area contributed by atoms with Gasteiger partial charge >= 0.3 is 0 Å². The highest BCUT2D eigenvalue weighted by Crippen LogP contribution is 2.22. The van der Waals surface area contributed by atoms with Crippen molar-refractivity contribution in [2.75, 3.05) is 0 Å². The summed E-state index contributed by atoms with van der Waals surface area (Å²) in [5.41, 5.74) is 1.42. The number of nitrogens with zero attached hydrogens (tertiary/aromatic N) is 2. The van der Waals surface area contributed by atoms with Crippen LogP contribution in [0.4, 0.5) is 0 Å². The second-order valence-electron chi connectivity index (χ2n) is 5.88. The van der Waals surface area contributed by atoms with Crippen LogP contribution < -0.4 is 10.9 Å². The summed E-state index contributed by atoms with van der Waals surface area (Å²) in [7, 11) is 0. The van der Waals surface area contributed by atoms with Crippen LogP contribution in [-0.2, 0) is 11.3 Å². The Morgan fingerprint density at radius 3 is 2.64 bits per heavy atom. The molecule has 3 aromatic rings.